The van der Waals surface area contributed by atoms with Gasteiger partial charge in [-0.3, -0.25) is 9.78 Å². The highest BCUT2D eigenvalue weighted by Gasteiger charge is 2.37. The summed E-state index contributed by atoms with van der Waals surface area (Å²) < 4.78 is 13.2. The summed E-state index contributed by atoms with van der Waals surface area (Å²) in [7, 11) is 0. The summed E-state index contributed by atoms with van der Waals surface area (Å²) in [5.41, 5.74) is 6.07. The molecule has 1 fully saturated rings. The summed E-state index contributed by atoms with van der Waals surface area (Å²) in [4.78, 5) is 17.0. The van der Waals surface area contributed by atoms with E-state index >= 15 is 0 Å². The lowest BCUT2D eigenvalue weighted by Crippen LogP contribution is -2.37. The molecule has 3 aliphatic rings. The monoisotopic (exact) mass is 322 g/mol. The van der Waals surface area contributed by atoms with Gasteiger partial charge in [0.05, 0.1) is 17.9 Å². The normalized spacial score (nSPS) is 19.2. The minimum atomic E-state index is -0.380. The maximum atomic E-state index is 13.2. The maximum absolute atomic E-state index is 13.2. The van der Waals surface area contributed by atoms with Gasteiger partial charge in [-0.15, -0.1) is 0 Å². The molecule has 24 heavy (non-hydrogen) atoms. The van der Waals surface area contributed by atoms with Crippen LogP contribution in [0, 0.1) is 11.2 Å². The first-order valence-electron chi connectivity index (χ1n) is 8.14. The molecule has 1 amide bonds. The van der Waals surface area contributed by atoms with Crippen LogP contribution >= 0.6 is 0 Å². The van der Waals surface area contributed by atoms with Gasteiger partial charge in [0.2, 0.25) is 0 Å². The van der Waals surface area contributed by atoms with E-state index in [1.807, 2.05) is 32.9 Å². The minimum absolute atomic E-state index is 0.110. The number of rotatable bonds is 3. The second-order valence-corrected chi connectivity index (χ2v) is 7.57. The van der Waals surface area contributed by atoms with E-state index in [4.69, 9.17) is 0 Å². The van der Waals surface area contributed by atoms with Crippen LogP contribution in [0.4, 0.5) is 4.39 Å². The van der Waals surface area contributed by atoms with Gasteiger partial charge in [0.15, 0.2) is 0 Å². The van der Waals surface area contributed by atoms with E-state index in [1.54, 1.807) is 6.07 Å². The molecule has 1 aromatic heterocycles. The van der Waals surface area contributed by atoms with E-state index in [0.717, 1.165) is 12.0 Å². The third-order valence-corrected chi connectivity index (χ3v) is 4.70. The first-order valence-corrected chi connectivity index (χ1v) is 8.14. The SMILES string of the molecule is CC(C)(C)C(NC(=O)C1=C2C=C3CC3=C2C=C1)c1ccc(F)cn1. The average molecular weight is 322 g/mol. The molecule has 0 radical (unpaired) electrons. The van der Waals surface area contributed by atoms with Gasteiger partial charge in [0.25, 0.3) is 5.91 Å². The Labute approximate surface area is 140 Å². The van der Waals surface area contributed by atoms with Crippen molar-refractivity contribution in [1.82, 2.24) is 10.3 Å². The van der Waals surface area contributed by atoms with Crippen molar-refractivity contribution in [3.63, 3.8) is 0 Å². The van der Waals surface area contributed by atoms with Crippen molar-refractivity contribution in [2.45, 2.75) is 33.2 Å². The smallest absolute Gasteiger partial charge is 0.252 e. The van der Waals surface area contributed by atoms with Gasteiger partial charge in [-0.1, -0.05) is 26.8 Å². The summed E-state index contributed by atoms with van der Waals surface area (Å²) in [6, 6.07) is 2.71. The van der Waals surface area contributed by atoms with Gasteiger partial charge in [-0.05, 0) is 58.4 Å². The first kappa shape index (κ1) is 15.1. The van der Waals surface area contributed by atoms with Crippen LogP contribution in [0.1, 0.15) is 38.9 Å². The maximum Gasteiger partial charge on any atom is 0.252 e. The van der Waals surface area contributed by atoms with Gasteiger partial charge in [0, 0.05) is 5.57 Å². The van der Waals surface area contributed by atoms with Crippen LogP contribution in [0.15, 0.2) is 64.4 Å². The summed E-state index contributed by atoms with van der Waals surface area (Å²) in [5, 5.41) is 3.09. The number of pyridine rings is 1. The zero-order valence-corrected chi connectivity index (χ0v) is 14.0. The zero-order valence-electron chi connectivity index (χ0n) is 14.0. The molecule has 4 heteroatoms. The third kappa shape index (κ3) is 2.42. The molecule has 4 rings (SSSR count). The lowest BCUT2D eigenvalue weighted by atomic mass is 9.84. The Balaban J connectivity index is 1.62. The molecule has 1 N–H and O–H groups in total. The molecule has 1 aromatic rings. The van der Waals surface area contributed by atoms with E-state index in [9.17, 15) is 9.18 Å². The molecular formula is C20H19FN2O. The standard InChI is InChI=1S/C20H19FN2O/c1-20(2,3)18(17-7-4-12(21)10-22-17)23-19(24)14-6-5-13-15-8-11(15)9-16(13)14/h4-7,9-10,18H,8H2,1-3H3,(H,23,24). The number of nitrogens with one attached hydrogen (secondary N) is 1. The van der Waals surface area contributed by atoms with Crippen LogP contribution in [0.3, 0.4) is 0 Å². The van der Waals surface area contributed by atoms with Gasteiger partial charge >= 0.3 is 0 Å². The summed E-state index contributed by atoms with van der Waals surface area (Å²) in [6.07, 6.45) is 8.27. The highest BCUT2D eigenvalue weighted by Crippen LogP contribution is 2.51. The summed E-state index contributed by atoms with van der Waals surface area (Å²) >= 11 is 0. The Morgan fingerprint density at radius 1 is 1.25 bits per heavy atom. The summed E-state index contributed by atoms with van der Waals surface area (Å²) in [5.74, 6) is -0.490. The molecule has 1 saturated carbocycles. The number of allylic oxidation sites excluding steroid dienone is 6. The number of fused-ring (bicyclic) bond motifs is 2. The molecule has 1 heterocycles. The summed E-state index contributed by atoms with van der Waals surface area (Å²) in [6.45, 7) is 6.10. The van der Waals surface area contributed by atoms with Crippen molar-refractivity contribution < 1.29 is 9.18 Å². The topological polar surface area (TPSA) is 42.0 Å². The van der Waals surface area contributed by atoms with Crippen molar-refractivity contribution in [1.29, 1.82) is 0 Å². The largest absolute Gasteiger partial charge is 0.343 e. The lowest BCUT2D eigenvalue weighted by molar-refractivity contribution is -0.118. The minimum Gasteiger partial charge on any atom is -0.343 e. The number of amides is 1. The number of aromatic nitrogens is 1. The van der Waals surface area contributed by atoms with Crippen LogP contribution in [0.5, 0.6) is 0 Å². The van der Waals surface area contributed by atoms with Crippen LogP contribution in [0.2, 0.25) is 0 Å². The fraction of sp³-hybridized carbons (Fsp3) is 0.300. The van der Waals surface area contributed by atoms with Gasteiger partial charge < -0.3 is 5.32 Å². The van der Waals surface area contributed by atoms with Crippen LogP contribution in [-0.2, 0) is 4.79 Å². The number of hydrogen-bond donors (Lipinski definition) is 1. The van der Waals surface area contributed by atoms with Crippen molar-refractivity contribution in [2.24, 2.45) is 5.41 Å². The van der Waals surface area contributed by atoms with Gasteiger partial charge in [-0.25, -0.2) is 4.39 Å². The first-order chi connectivity index (χ1) is 11.3. The molecule has 0 aromatic carbocycles. The van der Waals surface area contributed by atoms with Crippen LogP contribution < -0.4 is 5.32 Å². The molecule has 1 unspecified atom stereocenters. The van der Waals surface area contributed by atoms with Gasteiger partial charge in [-0.2, -0.15) is 0 Å². The average Bonchev–Trinajstić information content (AvgIpc) is 3.00. The van der Waals surface area contributed by atoms with E-state index in [0.29, 0.717) is 11.3 Å². The molecule has 122 valence electrons. The molecule has 0 aliphatic heterocycles. The lowest BCUT2D eigenvalue weighted by Gasteiger charge is -2.31. The Morgan fingerprint density at radius 3 is 2.71 bits per heavy atom. The second kappa shape index (κ2) is 5.00. The Morgan fingerprint density at radius 2 is 2.04 bits per heavy atom. The van der Waals surface area contributed by atoms with E-state index in [-0.39, 0.29) is 23.2 Å². The predicted molar refractivity (Wildman–Crippen MR) is 90.4 cm³/mol. The fourth-order valence-corrected chi connectivity index (χ4v) is 3.34. The highest BCUT2D eigenvalue weighted by atomic mass is 19.1. The number of nitrogens with zero attached hydrogens (tertiary/aromatic N) is 1. The Hall–Kier alpha value is -2.49. The van der Waals surface area contributed by atoms with E-state index in [2.05, 4.69) is 16.4 Å². The molecule has 0 spiro atoms. The molecular weight excluding hydrogens is 303 g/mol. The Kier molecular flexibility index (Phi) is 3.14. The van der Waals surface area contributed by atoms with Crippen molar-refractivity contribution in [2.75, 3.05) is 0 Å². The zero-order chi connectivity index (χ0) is 17.1. The third-order valence-electron chi connectivity index (χ3n) is 4.70. The molecule has 0 saturated heterocycles. The molecule has 3 nitrogen and oxygen atoms in total. The predicted octanol–water partition coefficient (Wildman–Crippen LogP) is 3.93. The Bertz CT molecular complexity index is 864. The highest BCUT2D eigenvalue weighted by molar-refractivity contribution is 6.02. The molecule has 3 aliphatic carbocycles. The fourth-order valence-electron chi connectivity index (χ4n) is 3.34. The van der Waals surface area contributed by atoms with Crippen LogP contribution in [-0.4, -0.2) is 10.9 Å². The number of carbonyl (C=O) groups is 1. The number of halogens is 1. The molecule has 1 atom stereocenters. The number of carbonyl (C=O) groups excluding carboxylic acids is 1. The van der Waals surface area contributed by atoms with Crippen molar-refractivity contribution in [3.8, 4) is 0 Å². The second-order valence-electron chi connectivity index (χ2n) is 7.57. The quantitative estimate of drug-likeness (QED) is 0.916. The van der Waals surface area contributed by atoms with Crippen LogP contribution in [0.25, 0.3) is 0 Å². The molecule has 0 bridgehead atoms. The van der Waals surface area contributed by atoms with Crippen molar-refractivity contribution >= 4 is 5.91 Å². The van der Waals surface area contributed by atoms with Crippen molar-refractivity contribution in [3.05, 3.63) is 75.9 Å². The van der Waals surface area contributed by atoms with E-state index < -0.39 is 0 Å². The number of hydrogen-bond acceptors (Lipinski definition) is 2. The van der Waals surface area contributed by atoms with E-state index in [1.165, 1.54) is 29.0 Å². The van der Waals surface area contributed by atoms with Gasteiger partial charge in [0.1, 0.15) is 5.82 Å².